The van der Waals surface area contributed by atoms with Crippen LogP contribution in [0.5, 0.6) is 0 Å². The first-order valence-corrected chi connectivity index (χ1v) is 4.20. The van der Waals surface area contributed by atoms with Crippen molar-refractivity contribution in [2.45, 2.75) is 6.92 Å². The number of hydrogen-bond donors (Lipinski definition) is 4. The fourth-order valence-corrected chi connectivity index (χ4v) is 0.225. The van der Waals surface area contributed by atoms with Crippen molar-refractivity contribution < 1.29 is 29.3 Å². The fourth-order valence-electron chi connectivity index (χ4n) is 0.225. The van der Waals surface area contributed by atoms with Crippen LogP contribution in [-0.2, 0) is 14.3 Å². The van der Waals surface area contributed by atoms with Crippen LogP contribution in [0.3, 0.4) is 0 Å². The summed E-state index contributed by atoms with van der Waals surface area (Å²) in [6, 6.07) is 0. The predicted octanol–water partition coefficient (Wildman–Crippen LogP) is -0.0980. The number of rotatable bonds is 3. The van der Waals surface area contributed by atoms with E-state index in [4.69, 9.17) is 10.2 Å². The van der Waals surface area contributed by atoms with E-state index in [1.165, 1.54) is 0 Å². The van der Waals surface area contributed by atoms with Gasteiger partial charge in [0.2, 0.25) is 0 Å². The zero-order chi connectivity index (χ0) is 14.3. The topological polar surface area (TPSA) is 153 Å². The Kier molecular flexibility index (Phi) is 18.7. The molecule has 98 valence electrons. The van der Waals surface area contributed by atoms with E-state index in [2.05, 4.69) is 22.8 Å². The highest BCUT2D eigenvalue weighted by Crippen LogP contribution is 1.66. The lowest BCUT2D eigenvalue weighted by molar-refractivity contribution is -0.132. The maximum absolute atomic E-state index is 9.60. The van der Waals surface area contributed by atoms with Crippen molar-refractivity contribution >= 4 is 18.0 Å². The molecule has 6 N–H and O–H groups in total. The van der Waals surface area contributed by atoms with Gasteiger partial charge in [0, 0.05) is 18.4 Å². The minimum atomic E-state index is -1.02. The molecule has 0 aliphatic rings. The van der Waals surface area contributed by atoms with Crippen LogP contribution in [0.4, 0.5) is 4.79 Å². The summed E-state index contributed by atoms with van der Waals surface area (Å²) in [5.74, 6) is -2.00. The highest BCUT2D eigenvalue weighted by molar-refractivity contribution is 5.79. The normalized spacial score (nSPS) is 7.82. The molecule has 0 aromatic rings. The molecule has 8 nitrogen and oxygen atoms in total. The molecule has 0 fully saturated rings. The SMILES string of the molecule is C=CC(=O)O.CCOC(N)=O.NC=CC(=O)O. The molecule has 0 radical (unpaired) electrons. The van der Waals surface area contributed by atoms with Gasteiger partial charge in [-0.05, 0) is 6.92 Å². The number of nitrogens with two attached hydrogens (primary N) is 2. The van der Waals surface area contributed by atoms with Crippen molar-refractivity contribution in [1.82, 2.24) is 0 Å². The van der Waals surface area contributed by atoms with Gasteiger partial charge in [-0.3, -0.25) is 0 Å². The van der Waals surface area contributed by atoms with Gasteiger partial charge in [0.25, 0.3) is 0 Å². The van der Waals surface area contributed by atoms with Crippen LogP contribution in [0.1, 0.15) is 6.92 Å². The molecule has 8 heteroatoms. The molecule has 0 bridgehead atoms. The largest absolute Gasteiger partial charge is 0.478 e. The summed E-state index contributed by atoms with van der Waals surface area (Å²) in [5, 5.41) is 15.4. The summed E-state index contributed by atoms with van der Waals surface area (Å²) in [5.41, 5.74) is 9.21. The Hall–Kier alpha value is -2.51. The smallest absolute Gasteiger partial charge is 0.404 e. The molecular formula is C9H16N2O6. The number of carbonyl (C=O) groups is 3. The summed E-state index contributed by atoms with van der Waals surface area (Å²) in [7, 11) is 0. The third kappa shape index (κ3) is 59.1. The molecular weight excluding hydrogens is 232 g/mol. The average Bonchev–Trinajstić information content (AvgIpc) is 2.19. The van der Waals surface area contributed by atoms with Gasteiger partial charge in [-0.1, -0.05) is 6.58 Å². The first-order valence-electron chi connectivity index (χ1n) is 4.20. The molecule has 0 saturated heterocycles. The van der Waals surface area contributed by atoms with E-state index in [1.807, 2.05) is 0 Å². The summed E-state index contributed by atoms with van der Waals surface area (Å²) >= 11 is 0. The number of hydrogen-bond acceptors (Lipinski definition) is 5. The van der Waals surface area contributed by atoms with Crippen LogP contribution >= 0.6 is 0 Å². The highest BCUT2D eigenvalue weighted by atomic mass is 16.5. The van der Waals surface area contributed by atoms with Gasteiger partial charge in [-0.25, -0.2) is 14.4 Å². The Balaban J connectivity index is -0.000000174. The number of aliphatic carboxylic acids is 2. The van der Waals surface area contributed by atoms with Gasteiger partial charge in [0.05, 0.1) is 6.61 Å². The van der Waals surface area contributed by atoms with Crippen LogP contribution in [-0.4, -0.2) is 34.9 Å². The summed E-state index contributed by atoms with van der Waals surface area (Å²) in [4.78, 5) is 28.3. The molecule has 0 heterocycles. The summed E-state index contributed by atoms with van der Waals surface area (Å²) in [6.45, 7) is 5.02. The Morgan fingerprint density at radius 1 is 1.29 bits per heavy atom. The third-order valence-corrected chi connectivity index (χ3v) is 0.700. The second kappa shape index (κ2) is 15.9. The average molecular weight is 248 g/mol. The molecule has 1 amide bonds. The second-order valence-electron chi connectivity index (χ2n) is 1.99. The minimum Gasteiger partial charge on any atom is -0.478 e. The van der Waals surface area contributed by atoms with Gasteiger partial charge in [-0.15, -0.1) is 0 Å². The van der Waals surface area contributed by atoms with E-state index in [-0.39, 0.29) is 0 Å². The molecule has 0 aliphatic heterocycles. The van der Waals surface area contributed by atoms with Crippen molar-refractivity contribution in [3.8, 4) is 0 Å². The quantitative estimate of drug-likeness (QED) is 0.508. The van der Waals surface area contributed by atoms with Crippen molar-refractivity contribution in [2.75, 3.05) is 6.61 Å². The molecule has 0 aliphatic carbocycles. The highest BCUT2D eigenvalue weighted by Gasteiger charge is 1.82. The standard InChI is InChI=1S/C3H7NO2.C3H5NO2.C3H4O2/c1-2-6-3(4)5;4-2-1-3(5)6;1-2-3(4)5/h2H2,1H3,(H2,4,5);1-2H,4H2,(H,5,6);2H,1H2,(H,4,5). The van der Waals surface area contributed by atoms with Gasteiger partial charge in [-0.2, -0.15) is 0 Å². The predicted molar refractivity (Wildman–Crippen MR) is 60.0 cm³/mol. The molecule has 0 rings (SSSR count). The van der Waals surface area contributed by atoms with Crippen molar-refractivity contribution in [3.05, 3.63) is 24.9 Å². The molecule has 0 aromatic carbocycles. The van der Waals surface area contributed by atoms with E-state index in [0.717, 1.165) is 18.4 Å². The van der Waals surface area contributed by atoms with Gasteiger partial charge < -0.3 is 26.4 Å². The number of carbonyl (C=O) groups excluding carboxylic acids is 1. The Bertz CT molecular complexity index is 275. The maximum Gasteiger partial charge on any atom is 0.404 e. The Labute approximate surface area is 98.2 Å². The van der Waals surface area contributed by atoms with Crippen LogP contribution in [0.25, 0.3) is 0 Å². The summed E-state index contributed by atoms with van der Waals surface area (Å²) < 4.78 is 4.18. The Morgan fingerprint density at radius 2 is 1.71 bits per heavy atom. The maximum atomic E-state index is 9.60. The number of carboxylic acids is 2. The van der Waals surface area contributed by atoms with Crippen molar-refractivity contribution in [1.29, 1.82) is 0 Å². The van der Waals surface area contributed by atoms with E-state index < -0.39 is 18.0 Å². The van der Waals surface area contributed by atoms with E-state index >= 15 is 0 Å². The monoisotopic (exact) mass is 248 g/mol. The van der Waals surface area contributed by atoms with Gasteiger partial charge >= 0.3 is 18.0 Å². The molecule has 0 atom stereocenters. The van der Waals surface area contributed by atoms with E-state index in [0.29, 0.717) is 6.61 Å². The summed E-state index contributed by atoms with van der Waals surface area (Å²) in [6.07, 6.45) is 1.96. The number of ether oxygens (including phenoxy) is 1. The van der Waals surface area contributed by atoms with Crippen LogP contribution < -0.4 is 11.5 Å². The number of primary amides is 1. The van der Waals surface area contributed by atoms with Crippen LogP contribution in [0.2, 0.25) is 0 Å². The zero-order valence-electron chi connectivity index (χ0n) is 9.33. The first kappa shape index (κ1) is 20.0. The lowest BCUT2D eigenvalue weighted by atomic mass is 10.6. The number of carboxylic acid groups (broad SMARTS) is 2. The zero-order valence-corrected chi connectivity index (χ0v) is 9.33. The minimum absolute atomic E-state index is 0.356. The van der Waals surface area contributed by atoms with E-state index in [1.54, 1.807) is 6.92 Å². The van der Waals surface area contributed by atoms with Crippen molar-refractivity contribution in [3.63, 3.8) is 0 Å². The lowest BCUT2D eigenvalue weighted by Crippen LogP contribution is -2.11. The van der Waals surface area contributed by atoms with E-state index in [9.17, 15) is 14.4 Å². The van der Waals surface area contributed by atoms with Gasteiger partial charge in [0.15, 0.2) is 0 Å². The first-order chi connectivity index (χ1) is 7.81. The second-order valence-corrected chi connectivity index (χ2v) is 1.99. The fraction of sp³-hybridized carbons (Fsp3) is 0.222. The van der Waals surface area contributed by atoms with Crippen LogP contribution in [0, 0.1) is 0 Å². The third-order valence-electron chi connectivity index (χ3n) is 0.700. The molecule has 0 unspecified atom stereocenters. The van der Waals surface area contributed by atoms with Crippen LogP contribution in [0.15, 0.2) is 24.9 Å². The number of amides is 1. The molecule has 0 spiro atoms. The lowest BCUT2D eigenvalue weighted by Gasteiger charge is -1.89. The van der Waals surface area contributed by atoms with Gasteiger partial charge in [0.1, 0.15) is 0 Å². The molecule has 0 aromatic heterocycles. The Morgan fingerprint density at radius 3 is 1.71 bits per heavy atom. The molecule has 0 saturated carbocycles. The van der Waals surface area contributed by atoms with Crippen molar-refractivity contribution in [2.24, 2.45) is 11.5 Å². The molecule has 17 heavy (non-hydrogen) atoms.